The predicted molar refractivity (Wildman–Crippen MR) is 154 cm³/mol. The number of halogens is 3. The molecule has 4 aromatic rings. The van der Waals surface area contributed by atoms with Crippen molar-refractivity contribution >= 4 is 79.1 Å². The molecule has 3 amide bonds. The van der Waals surface area contributed by atoms with Gasteiger partial charge >= 0.3 is 11.8 Å². The molecular formula is C27H23BrCl2N4O4. The number of benzene rings is 3. The molecule has 0 saturated heterocycles. The van der Waals surface area contributed by atoms with Crippen LogP contribution in [0.4, 0.5) is 11.4 Å². The number of rotatable bonds is 8. The molecule has 0 fully saturated rings. The second-order valence-corrected chi connectivity index (χ2v) is 10.0. The molecule has 0 spiro atoms. The zero-order valence-electron chi connectivity index (χ0n) is 20.2. The van der Waals surface area contributed by atoms with E-state index in [4.69, 9.17) is 27.9 Å². The van der Waals surface area contributed by atoms with Crippen LogP contribution in [-0.2, 0) is 9.59 Å². The molecule has 11 heteroatoms. The van der Waals surface area contributed by atoms with Gasteiger partial charge in [-0.1, -0.05) is 52.5 Å². The molecule has 3 aromatic carbocycles. The van der Waals surface area contributed by atoms with Gasteiger partial charge < -0.3 is 15.4 Å². The molecule has 0 aliphatic carbocycles. The number of amides is 3. The first-order valence-corrected chi connectivity index (χ1v) is 13.2. The van der Waals surface area contributed by atoms with E-state index in [2.05, 4.69) is 38.9 Å². The molecule has 1 heterocycles. The Balaban J connectivity index is 1.53. The van der Waals surface area contributed by atoms with Gasteiger partial charge in [-0.25, -0.2) is 4.68 Å². The van der Waals surface area contributed by atoms with E-state index in [0.29, 0.717) is 39.7 Å². The summed E-state index contributed by atoms with van der Waals surface area (Å²) >= 11 is 15.6. The highest BCUT2D eigenvalue weighted by atomic mass is 79.9. The average Bonchev–Trinajstić information content (AvgIpc) is 3.24. The number of nitrogens with zero attached hydrogens (tertiary/aromatic N) is 1. The van der Waals surface area contributed by atoms with Gasteiger partial charge in [-0.3, -0.25) is 19.8 Å². The van der Waals surface area contributed by atoms with Crippen LogP contribution in [0.2, 0.25) is 10.0 Å². The summed E-state index contributed by atoms with van der Waals surface area (Å²) in [5.41, 5.74) is 3.87. The van der Waals surface area contributed by atoms with Crippen LogP contribution in [0.15, 0.2) is 71.2 Å². The Morgan fingerprint density at radius 3 is 2.39 bits per heavy atom. The van der Waals surface area contributed by atoms with Crippen LogP contribution in [0.1, 0.15) is 30.3 Å². The third kappa shape index (κ3) is 6.66. The zero-order valence-corrected chi connectivity index (χ0v) is 23.3. The molecule has 0 unspecified atom stereocenters. The number of carbonyl (C=O) groups excluding carboxylic acids is 3. The highest BCUT2D eigenvalue weighted by molar-refractivity contribution is 9.10. The maximum atomic E-state index is 13.2. The summed E-state index contributed by atoms with van der Waals surface area (Å²) in [4.78, 5) is 38.7. The van der Waals surface area contributed by atoms with Crippen molar-refractivity contribution in [3.63, 3.8) is 0 Å². The molecule has 38 heavy (non-hydrogen) atoms. The standard InChI is InChI=1S/C27H23BrCl2N4O4/c1-2-3-12-38-20-8-6-19(7-9-20)31-26(36)27(37)33-34-23-11-4-17(28)13-16(23)14-24(34)25(35)32-22-10-5-18(29)15-21(22)30/h4-11,13-15H,2-3,12H2,1H3,(H,31,36)(H,32,35)(H,33,37). The lowest BCUT2D eigenvalue weighted by Gasteiger charge is -2.13. The van der Waals surface area contributed by atoms with Gasteiger partial charge in [0, 0.05) is 20.6 Å². The lowest BCUT2D eigenvalue weighted by Crippen LogP contribution is -2.36. The van der Waals surface area contributed by atoms with Crippen LogP contribution in [0.3, 0.4) is 0 Å². The quantitative estimate of drug-likeness (QED) is 0.149. The van der Waals surface area contributed by atoms with E-state index in [1.54, 1.807) is 60.7 Å². The van der Waals surface area contributed by atoms with Crippen LogP contribution in [0.5, 0.6) is 5.75 Å². The Bertz CT molecular complexity index is 1510. The second-order valence-electron chi connectivity index (χ2n) is 8.27. The summed E-state index contributed by atoms with van der Waals surface area (Å²) in [5, 5.41) is 6.59. The summed E-state index contributed by atoms with van der Waals surface area (Å²) in [7, 11) is 0. The Labute approximate surface area is 237 Å². The number of hydrogen-bond acceptors (Lipinski definition) is 4. The van der Waals surface area contributed by atoms with Crippen molar-refractivity contribution in [3.8, 4) is 5.75 Å². The Hall–Kier alpha value is -3.53. The fraction of sp³-hybridized carbons (Fsp3) is 0.148. The van der Waals surface area contributed by atoms with Gasteiger partial charge in [-0.05, 0) is 73.2 Å². The minimum absolute atomic E-state index is 0.0823. The predicted octanol–water partition coefficient (Wildman–Crippen LogP) is 6.85. The SMILES string of the molecule is CCCCOc1ccc(NC(=O)C(=O)Nn2c(C(=O)Nc3ccc(Cl)cc3Cl)cc3cc(Br)ccc32)cc1. The van der Waals surface area contributed by atoms with Gasteiger partial charge in [-0.15, -0.1) is 0 Å². The Kier molecular flexibility index (Phi) is 8.93. The zero-order chi connectivity index (χ0) is 27.2. The average molecular weight is 618 g/mol. The molecule has 0 radical (unpaired) electrons. The molecule has 196 valence electrons. The molecule has 8 nitrogen and oxygen atoms in total. The fourth-order valence-corrected chi connectivity index (χ4v) is 4.39. The lowest BCUT2D eigenvalue weighted by atomic mass is 10.2. The Morgan fingerprint density at radius 1 is 0.921 bits per heavy atom. The first-order valence-electron chi connectivity index (χ1n) is 11.7. The molecule has 0 saturated carbocycles. The molecule has 3 N–H and O–H groups in total. The number of fused-ring (bicyclic) bond motifs is 1. The summed E-state index contributed by atoms with van der Waals surface area (Å²) in [5.74, 6) is -1.76. The van der Waals surface area contributed by atoms with Crippen LogP contribution in [0.25, 0.3) is 10.9 Å². The van der Waals surface area contributed by atoms with Crippen LogP contribution in [-0.4, -0.2) is 29.0 Å². The number of unbranched alkanes of at least 4 members (excludes halogenated alkanes) is 1. The smallest absolute Gasteiger partial charge is 0.328 e. The van der Waals surface area contributed by atoms with Gasteiger partial charge in [-0.2, -0.15) is 0 Å². The topological polar surface area (TPSA) is 101 Å². The summed E-state index contributed by atoms with van der Waals surface area (Å²) < 4.78 is 7.65. The highest BCUT2D eigenvalue weighted by Gasteiger charge is 2.22. The van der Waals surface area contributed by atoms with E-state index in [1.165, 1.54) is 10.7 Å². The normalized spacial score (nSPS) is 10.7. The maximum Gasteiger partial charge on any atom is 0.328 e. The van der Waals surface area contributed by atoms with E-state index < -0.39 is 17.7 Å². The highest BCUT2D eigenvalue weighted by Crippen LogP contribution is 2.28. The number of ether oxygens (including phenoxy) is 1. The number of nitrogens with one attached hydrogen (secondary N) is 3. The Morgan fingerprint density at radius 2 is 1.68 bits per heavy atom. The molecular weight excluding hydrogens is 595 g/mol. The van der Waals surface area contributed by atoms with E-state index in [0.717, 1.165) is 17.3 Å². The van der Waals surface area contributed by atoms with Crippen molar-refractivity contribution in [2.24, 2.45) is 0 Å². The number of aromatic nitrogens is 1. The number of carbonyl (C=O) groups is 3. The van der Waals surface area contributed by atoms with E-state index in [1.807, 2.05) is 0 Å². The van der Waals surface area contributed by atoms with Crippen molar-refractivity contribution < 1.29 is 19.1 Å². The van der Waals surface area contributed by atoms with Crippen molar-refractivity contribution in [2.75, 3.05) is 22.7 Å². The van der Waals surface area contributed by atoms with E-state index in [9.17, 15) is 14.4 Å². The monoisotopic (exact) mass is 616 g/mol. The third-order valence-corrected chi connectivity index (χ3v) is 6.52. The van der Waals surface area contributed by atoms with Gasteiger partial charge in [0.25, 0.3) is 5.91 Å². The van der Waals surface area contributed by atoms with Crippen LogP contribution in [0, 0.1) is 0 Å². The second kappa shape index (κ2) is 12.3. The molecule has 1 aromatic heterocycles. The minimum atomic E-state index is -0.965. The van der Waals surface area contributed by atoms with Crippen molar-refractivity contribution in [1.29, 1.82) is 0 Å². The minimum Gasteiger partial charge on any atom is -0.494 e. The third-order valence-electron chi connectivity index (χ3n) is 5.47. The molecule has 0 atom stereocenters. The molecule has 0 aliphatic rings. The molecule has 0 aliphatic heterocycles. The lowest BCUT2D eigenvalue weighted by molar-refractivity contribution is -0.133. The van der Waals surface area contributed by atoms with Crippen molar-refractivity contribution in [1.82, 2.24) is 4.68 Å². The fourth-order valence-electron chi connectivity index (χ4n) is 3.56. The van der Waals surface area contributed by atoms with Crippen LogP contribution >= 0.6 is 39.1 Å². The molecule has 0 bridgehead atoms. The van der Waals surface area contributed by atoms with Crippen molar-refractivity contribution in [2.45, 2.75) is 19.8 Å². The van der Waals surface area contributed by atoms with Gasteiger partial charge in [0.2, 0.25) is 0 Å². The number of hydrogen-bond donors (Lipinski definition) is 3. The number of anilines is 2. The van der Waals surface area contributed by atoms with Gasteiger partial charge in [0.05, 0.1) is 22.8 Å². The molecule has 4 rings (SSSR count). The van der Waals surface area contributed by atoms with Gasteiger partial charge in [0.1, 0.15) is 11.4 Å². The van der Waals surface area contributed by atoms with Crippen molar-refractivity contribution in [3.05, 3.63) is 86.9 Å². The largest absolute Gasteiger partial charge is 0.494 e. The summed E-state index contributed by atoms with van der Waals surface area (Å²) in [6.45, 7) is 2.68. The first-order chi connectivity index (χ1) is 18.2. The first kappa shape index (κ1) is 27.5. The van der Waals surface area contributed by atoms with Gasteiger partial charge in [0.15, 0.2) is 0 Å². The van der Waals surface area contributed by atoms with E-state index >= 15 is 0 Å². The maximum absolute atomic E-state index is 13.2. The van der Waals surface area contributed by atoms with E-state index in [-0.39, 0.29) is 10.7 Å². The van der Waals surface area contributed by atoms with Crippen LogP contribution < -0.4 is 20.8 Å². The summed E-state index contributed by atoms with van der Waals surface area (Å²) in [6, 6.07) is 18.2. The summed E-state index contributed by atoms with van der Waals surface area (Å²) in [6.07, 6.45) is 1.96.